The zero-order chi connectivity index (χ0) is 28.6. The van der Waals surface area contributed by atoms with Gasteiger partial charge in [0, 0.05) is 44.0 Å². The molecule has 0 aliphatic rings. The molecule has 0 aliphatic carbocycles. The number of pyridine rings is 1. The average molecular weight is 721 g/mol. The number of aromatic nitrogens is 1. The Morgan fingerprint density at radius 3 is 2.34 bits per heavy atom. The molecule has 2 heterocycles. The number of aliphatic hydroxyl groups is 1. The summed E-state index contributed by atoms with van der Waals surface area (Å²) in [5.41, 5.74) is 7.32. The molecular weight excluding hydrogens is 687 g/mol. The van der Waals surface area contributed by atoms with Gasteiger partial charge in [-0.3, -0.25) is 4.79 Å². The van der Waals surface area contributed by atoms with Crippen molar-refractivity contribution in [1.29, 1.82) is 0 Å². The number of fused-ring (bicyclic) bond motifs is 6. The molecule has 0 spiro atoms. The third-order valence-corrected chi connectivity index (χ3v) is 6.96. The van der Waals surface area contributed by atoms with Crippen LogP contribution in [0.2, 0.25) is 0 Å². The van der Waals surface area contributed by atoms with E-state index in [-0.39, 0.29) is 31.6 Å². The molecule has 1 radical (unpaired) electrons. The molecule has 2 aromatic heterocycles. The first-order valence-electron chi connectivity index (χ1n) is 13.6. The Balaban J connectivity index is 0.000000434. The van der Waals surface area contributed by atoms with Crippen molar-refractivity contribution < 1.29 is 39.0 Å². The molecular formula is C36H34IrNO3-. The molecule has 211 valence electrons. The van der Waals surface area contributed by atoms with E-state index in [2.05, 4.69) is 99.1 Å². The van der Waals surface area contributed by atoms with Gasteiger partial charge in [-0.05, 0) is 66.3 Å². The van der Waals surface area contributed by atoms with E-state index in [1.165, 1.54) is 41.6 Å². The summed E-state index contributed by atoms with van der Waals surface area (Å²) in [6, 6.07) is 29.3. The number of nitrogens with zero attached hydrogens (tertiary/aromatic N) is 1. The maximum atomic E-state index is 10.0. The topological polar surface area (TPSA) is 54.3 Å². The van der Waals surface area contributed by atoms with Gasteiger partial charge in [-0.2, -0.15) is 0 Å². The van der Waals surface area contributed by atoms with Crippen LogP contribution in [0.15, 0.2) is 89.0 Å². The fraction of sp³-hybridized carbons (Fsp3) is 0.194. The van der Waals surface area contributed by atoms with E-state index in [1.54, 1.807) is 0 Å². The molecule has 4 aromatic carbocycles. The van der Waals surface area contributed by atoms with Crippen molar-refractivity contribution in [3.63, 3.8) is 0 Å². The Morgan fingerprint density at radius 2 is 1.68 bits per heavy atom. The van der Waals surface area contributed by atoms with Gasteiger partial charge in [0.1, 0.15) is 16.8 Å². The molecule has 41 heavy (non-hydrogen) atoms. The minimum Gasteiger partial charge on any atom is -0.512 e. The van der Waals surface area contributed by atoms with Crippen LogP contribution in [0.1, 0.15) is 38.8 Å². The molecule has 0 atom stereocenters. The summed E-state index contributed by atoms with van der Waals surface area (Å²) in [7, 11) is 4.50. The molecule has 4 nitrogen and oxygen atoms in total. The van der Waals surface area contributed by atoms with Crippen LogP contribution in [0.25, 0.3) is 54.9 Å². The van der Waals surface area contributed by atoms with Gasteiger partial charge in [-0.1, -0.05) is 74.7 Å². The standard InChI is InChI=1S/C31H26NO.C5H8O2.Ir/c1-19(2)15-22-18-28(32(4)27-14-13-21-9-5-6-10-23(21)30(22)27)26-17-20(3)16-25-24-11-7-8-12-29(24)33-31(25)26;1-4(6)3-5(2)7;/h5-14,16,18-19H,4,15H2,1-3H3;3,6H,1-2H3;/q-1;;/b;4-3-;. The molecule has 5 heteroatoms. The zero-order valence-electron chi connectivity index (χ0n) is 24.0. The summed E-state index contributed by atoms with van der Waals surface area (Å²) >= 11 is 0. The van der Waals surface area contributed by atoms with Crippen molar-refractivity contribution in [2.24, 2.45) is 5.92 Å². The van der Waals surface area contributed by atoms with Crippen LogP contribution in [-0.4, -0.2) is 10.9 Å². The number of furan rings is 1. The van der Waals surface area contributed by atoms with Crippen LogP contribution in [0.5, 0.6) is 0 Å². The summed E-state index contributed by atoms with van der Waals surface area (Å²) in [6.07, 6.45) is 2.16. The van der Waals surface area contributed by atoms with E-state index in [0.717, 1.165) is 50.7 Å². The third kappa shape index (κ3) is 6.07. The van der Waals surface area contributed by atoms with E-state index in [9.17, 15) is 4.79 Å². The maximum Gasteiger partial charge on any atom is 0.155 e. The van der Waals surface area contributed by atoms with Gasteiger partial charge in [-0.15, -0.1) is 17.7 Å². The molecule has 6 rings (SSSR count). The van der Waals surface area contributed by atoms with Crippen molar-refractivity contribution in [2.75, 3.05) is 0 Å². The Bertz CT molecular complexity index is 1930. The number of allylic oxidation sites excluding steroid dienone is 2. The second kappa shape index (κ2) is 12.3. The Kier molecular flexibility index (Phi) is 9.01. The average Bonchev–Trinajstić information content (AvgIpc) is 3.27. The van der Waals surface area contributed by atoms with Crippen LogP contribution in [0, 0.1) is 26.0 Å². The van der Waals surface area contributed by atoms with Crippen molar-refractivity contribution in [3.05, 3.63) is 109 Å². The predicted molar refractivity (Wildman–Crippen MR) is 164 cm³/mol. The summed E-state index contributed by atoms with van der Waals surface area (Å²) in [4.78, 5) is 10.0. The number of aliphatic hydroxyl groups excluding tert-OH is 1. The van der Waals surface area contributed by atoms with Gasteiger partial charge in [0.15, 0.2) is 5.78 Å². The molecule has 0 unspecified atom stereocenters. The van der Waals surface area contributed by atoms with Gasteiger partial charge < -0.3 is 14.1 Å². The number of hydrogen-bond acceptors (Lipinski definition) is 3. The number of hydrogen-bond donors (Lipinski definition) is 1. The predicted octanol–water partition coefficient (Wildman–Crippen LogP) is 8.83. The number of carbonyl (C=O) groups is 1. The quantitative estimate of drug-likeness (QED) is 0.0652. The normalized spacial score (nSPS) is 11.6. The van der Waals surface area contributed by atoms with Gasteiger partial charge in [-0.25, -0.2) is 0 Å². The van der Waals surface area contributed by atoms with Crippen molar-refractivity contribution in [1.82, 2.24) is 0 Å². The van der Waals surface area contributed by atoms with Gasteiger partial charge in [0.2, 0.25) is 0 Å². The van der Waals surface area contributed by atoms with Crippen LogP contribution < -0.4 is 4.57 Å². The first kappa shape index (κ1) is 30.0. The molecule has 1 N–H and O–H groups in total. The summed E-state index contributed by atoms with van der Waals surface area (Å²) in [5.74, 6) is 0.473. The molecule has 0 bridgehead atoms. The number of carbonyl (C=O) groups excluding carboxylic acids is 1. The molecule has 0 fully saturated rings. The smallest absolute Gasteiger partial charge is 0.155 e. The van der Waals surface area contributed by atoms with Gasteiger partial charge in [0.05, 0.1) is 11.3 Å². The summed E-state index contributed by atoms with van der Waals surface area (Å²) in [6.45, 7) is 9.50. The minimum atomic E-state index is -0.125. The number of rotatable bonds is 4. The van der Waals surface area contributed by atoms with Crippen LogP contribution >= 0.6 is 0 Å². The van der Waals surface area contributed by atoms with Crippen molar-refractivity contribution in [3.8, 4) is 11.3 Å². The molecule has 0 amide bonds. The summed E-state index contributed by atoms with van der Waals surface area (Å²) < 4.78 is 8.44. The van der Waals surface area contributed by atoms with E-state index in [4.69, 9.17) is 9.52 Å². The van der Waals surface area contributed by atoms with Crippen molar-refractivity contribution in [2.45, 2.75) is 41.0 Å². The van der Waals surface area contributed by atoms with Gasteiger partial charge in [0.25, 0.3) is 0 Å². The van der Waals surface area contributed by atoms with E-state index >= 15 is 0 Å². The van der Waals surface area contributed by atoms with Crippen LogP contribution in [0.4, 0.5) is 0 Å². The largest absolute Gasteiger partial charge is 0.512 e. The minimum absolute atomic E-state index is 0. The fourth-order valence-corrected chi connectivity index (χ4v) is 5.45. The van der Waals surface area contributed by atoms with Gasteiger partial charge >= 0.3 is 0 Å². The number of aryl methyl sites for hydroxylation is 1. The SMILES string of the molecule is CC(=O)/C=C(/C)O.[CH2-][n+]1c(-c2[c-]c(C)cc3c2oc2ccccc23)cc(CC(C)C)c2c3ccccc3ccc21.[Ir]. The number of para-hydroxylation sites is 1. The summed E-state index contributed by atoms with van der Waals surface area (Å²) in [5, 5.41) is 14.4. The second-order valence-corrected chi connectivity index (χ2v) is 10.8. The molecule has 0 saturated heterocycles. The zero-order valence-corrected chi connectivity index (χ0v) is 26.4. The Hall–Kier alpha value is -3.92. The van der Waals surface area contributed by atoms with E-state index in [0.29, 0.717) is 5.92 Å². The Labute approximate surface area is 254 Å². The first-order chi connectivity index (χ1) is 19.1. The fourth-order valence-electron chi connectivity index (χ4n) is 5.45. The van der Waals surface area contributed by atoms with E-state index in [1.807, 2.05) is 12.1 Å². The second-order valence-electron chi connectivity index (χ2n) is 10.8. The first-order valence-corrected chi connectivity index (χ1v) is 13.6. The molecule has 0 aliphatic heterocycles. The Morgan fingerprint density at radius 1 is 1.00 bits per heavy atom. The third-order valence-electron chi connectivity index (χ3n) is 6.96. The number of benzene rings is 4. The monoisotopic (exact) mass is 721 g/mol. The van der Waals surface area contributed by atoms with E-state index < -0.39 is 0 Å². The number of ketones is 1. The van der Waals surface area contributed by atoms with Crippen LogP contribution in [-0.2, 0) is 31.3 Å². The van der Waals surface area contributed by atoms with Crippen LogP contribution in [0.3, 0.4) is 0 Å². The molecule has 6 aromatic rings. The molecule has 0 saturated carbocycles. The maximum absolute atomic E-state index is 10.0. The van der Waals surface area contributed by atoms with Crippen molar-refractivity contribution >= 4 is 49.4 Å².